The van der Waals surface area contributed by atoms with E-state index < -0.39 is 0 Å². The molecule has 4 rings (SSSR count). The lowest BCUT2D eigenvalue weighted by Gasteiger charge is -2.10. The molecule has 3 aromatic heterocycles. The molecule has 0 aliphatic heterocycles. The number of rotatable bonds is 6. The summed E-state index contributed by atoms with van der Waals surface area (Å²) in [6.07, 6.45) is 9.39. The molecule has 0 fully saturated rings. The highest BCUT2D eigenvalue weighted by atomic mass is 32.1. The molecule has 1 aromatic carbocycles. The molecule has 0 saturated carbocycles. The second-order valence-electron chi connectivity index (χ2n) is 6.05. The number of methoxy groups -OCH3 is 1. The monoisotopic (exact) mass is 407 g/mol. The zero-order valence-corrected chi connectivity index (χ0v) is 16.7. The molecule has 3 heterocycles. The SMILES string of the molecule is COC(=O)c1ccc(/C=C(\Cn2ccnc2)c2nccs2)cc1-c1ccsc1. The van der Waals surface area contributed by atoms with Crippen LogP contribution in [0.3, 0.4) is 0 Å². The van der Waals surface area contributed by atoms with E-state index in [2.05, 4.69) is 16.0 Å². The van der Waals surface area contributed by atoms with Crippen LogP contribution in [0.15, 0.2) is 65.3 Å². The molecular formula is C21H17N3O2S2. The van der Waals surface area contributed by atoms with E-state index in [1.165, 1.54) is 7.11 Å². The first kappa shape index (κ1) is 18.3. The number of thiophene rings is 1. The van der Waals surface area contributed by atoms with Crippen LogP contribution in [-0.4, -0.2) is 27.6 Å². The topological polar surface area (TPSA) is 57.0 Å². The third kappa shape index (κ3) is 3.95. The summed E-state index contributed by atoms with van der Waals surface area (Å²) in [5.41, 5.74) is 4.51. The zero-order valence-electron chi connectivity index (χ0n) is 15.1. The van der Waals surface area contributed by atoms with Crippen LogP contribution in [0.5, 0.6) is 0 Å². The van der Waals surface area contributed by atoms with E-state index in [9.17, 15) is 4.79 Å². The quantitative estimate of drug-likeness (QED) is 0.418. The molecule has 5 nitrogen and oxygen atoms in total. The Morgan fingerprint density at radius 2 is 2.18 bits per heavy atom. The zero-order chi connectivity index (χ0) is 19.3. The van der Waals surface area contributed by atoms with Crippen LogP contribution in [0, 0.1) is 0 Å². The highest BCUT2D eigenvalue weighted by Gasteiger charge is 2.15. The van der Waals surface area contributed by atoms with Gasteiger partial charge in [0, 0.05) is 29.5 Å². The smallest absolute Gasteiger partial charge is 0.338 e. The Hall–Kier alpha value is -3.03. The van der Waals surface area contributed by atoms with Gasteiger partial charge < -0.3 is 9.30 Å². The van der Waals surface area contributed by atoms with Crippen LogP contribution in [0.2, 0.25) is 0 Å². The lowest BCUT2D eigenvalue weighted by molar-refractivity contribution is 0.0601. The van der Waals surface area contributed by atoms with Crippen LogP contribution in [0.1, 0.15) is 20.9 Å². The maximum absolute atomic E-state index is 12.2. The van der Waals surface area contributed by atoms with Crippen molar-refractivity contribution in [2.75, 3.05) is 7.11 Å². The molecule has 28 heavy (non-hydrogen) atoms. The fraction of sp³-hybridized carbons (Fsp3) is 0.0952. The highest BCUT2D eigenvalue weighted by Crippen LogP contribution is 2.30. The fourth-order valence-electron chi connectivity index (χ4n) is 2.93. The van der Waals surface area contributed by atoms with E-state index in [4.69, 9.17) is 4.74 Å². The van der Waals surface area contributed by atoms with E-state index in [1.807, 2.05) is 51.2 Å². The first-order valence-corrected chi connectivity index (χ1v) is 10.4. The Bertz CT molecular complexity index is 1080. The van der Waals surface area contributed by atoms with Gasteiger partial charge in [-0.3, -0.25) is 0 Å². The molecule has 0 aliphatic carbocycles. The minimum Gasteiger partial charge on any atom is -0.465 e. The minimum absolute atomic E-state index is 0.338. The summed E-state index contributed by atoms with van der Waals surface area (Å²) in [7, 11) is 1.40. The van der Waals surface area contributed by atoms with Crippen molar-refractivity contribution < 1.29 is 9.53 Å². The average Bonchev–Trinajstić information content (AvgIpc) is 3.50. The molecule has 0 unspecified atom stereocenters. The third-order valence-electron chi connectivity index (χ3n) is 4.24. The van der Waals surface area contributed by atoms with Crippen molar-refractivity contribution in [3.63, 3.8) is 0 Å². The van der Waals surface area contributed by atoms with Crippen molar-refractivity contribution in [3.8, 4) is 11.1 Å². The summed E-state index contributed by atoms with van der Waals surface area (Å²) in [5.74, 6) is -0.338. The molecule has 0 amide bonds. The summed E-state index contributed by atoms with van der Waals surface area (Å²) in [6.45, 7) is 0.667. The van der Waals surface area contributed by atoms with Gasteiger partial charge in [-0.25, -0.2) is 14.8 Å². The summed E-state index contributed by atoms with van der Waals surface area (Å²) >= 11 is 3.20. The number of allylic oxidation sites excluding steroid dienone is 1. The highest BCUT2D eigenvalue weighted by molar-refractivity contribution is 7.10. The number of carbonyl (C=O) groups excluding carboxylic acids is 1. The normalized spacial score (nSPS) is 11.5. The Labute approximate surface area is 170 Å². The van der Waals surface area contributed by atoms with E-state index in [1.54, 1.807) is 41.4 Å². The first-order chi connectivity index (χ1) is 13.7. The van der Waals surface area contributed by atoms with Gasteiger partial charge in [-0.05, 0) is 51.7 Å². The number of thiazole rings is 1. The molecule has 0 spiro atoms. The van der Waals surface area contributed by atoms with Crippen molar-refractivity contribution in [1.29, 1.82) is 0 Å². The average molecular weight is 408 g/mol. The van der Waals surface area contributed by atoms with Crippen LogP contribution in [0.25, 0.3) is 22.8 Å². The van der Waals surface area contributed by atoms with Gasteiger partial charge in [-0.15, -0.1) is 11.3 Å². The molecule has 0 N–H and O–H groups in total. The number of hydrogen-bond donors (Lipinski definition) is 0. The van der Waals surface area contributed by atoms with E-state index in [0.29, 0.717) is 12.1 Å². The van der Waals surface area contributed by atoms with Crippen LogP contribution in [-0.2, 0) is 11.3 Å². The molecule has 0 aliphatic rings. The van der Waals surface area contributed by atoms with Gasteiger partial charge in [0.15, 0.2) is 0 Å². The molecule has 0 saturated heterocycles. The summed E-state index contributed by atoms with van der Waals surface area (Å²) in [4.78, 5) is 20.8. The minimum atomic E-state index is -0.338. The maximum Gasteiger partial charge on any atom is 0.338 e. The van der Waals surface area contributed by atoms with Gasteiger partial charge >= 0.3 is 5.97 Å². The van der Waals surface area contributed by atoms with E-state index in [0.717, 1.165) is 27.3 Å². The lowest BCUT2D eigenvalue weighted by Crippen LogP contribution is -2.03. The maximum atomic E-state index is 12.2. The predicted octanol–water partition coefficient (Wildman–Crippen LogP) is 5.10. The second-order valence-corrected chi connectivity index (χ2v) is 7.73. The molecule has 7 heteroatoms. The largest absolute Gasteiger partial charge is 0.465 e. The number of hydrogen-bond acceptors (Lipinski definition) is 6. The van der Waals surface area contributed by atoms with Crippen LogP contribution >= 0.6 is 22.7 Å². The summed E-state index contributed by atoms with van der Waals surface area (Å²) < 4.78 is 6.97. The van der Waals surface area contributed by atoms with Crippen LogP contribution < -0.4 is 0 Å². The van der Waals surface area contributed by atoms with Gasteiger partial charge in [0.1, 0.15) is 5.01 Å². The molecule has 0 radical (unpaired) electrons. The first-order valence-electron chi connectivity index (χ1n) is 8.55. The Kier molecular flexibility index (Phi) is 5.45. The van der Waals surface area contributed by atoms with Gasteiger partial charge in [0.25, 0.3) is 0 Å². The Balaban J connectivity index is 1.78. The van der Waals surface area contributed by atoms with Crippen molar-refractivity contribution in [2.45, 2.75) is 6.54 Å². The van der Waals surface area contributed by atoms with Crippen molar-refractivity contribution in [1.82, 2.24) is 14.5 Å². The lowest BCUT2D eigenvalue weighted by atomic mass is 9.98. The number of imidazole rings is 1. The van der Waals surface area contributed by atoms with E-state index in [-0.39, 0.29) is 5.97 Å². The standard InChI is InChI=1S/C21H17N3O2S2/c1-26-21(25)18-3-2-15(11-19(18)16-4-8-27-13-16)10-17(20-23-6-9-28-20)12-24-7-5-22-14-24/h2-11,13-14H,12H2,1H3/b17-10+. The Morgan fingerprint density at radius 3 is 2.86 bits per heavy atom. The Morgan fingerprint density at radius 1 is 1.25 bits per heavy atom. The molecular weight excluding hydrogens is 390 g/mol. The number of esters is 1. The van der Waals surface area contributed by atoms with Crippen LogP contribution in [0.4, 0.5) is 0 Å². The van der Waals surface area contributed by atoms with E-state index >= 15 is 0 Å². The fourth-order valence-corrected chi connectivity index (χ4v) is 4.23. The molecule has 0 atom stereocenters. The summed E-state index contributed by atoms with van der Waals surface area (Å²) in [6, 6.07) is 7.79. The number of ether oxygens (including phenoxy) is 1. The number of aromatic nitrogens is 3. The molecule has 4 aromatic rings. The number of benzene rings is 1. The number of carbonyl (C=O) groups is 1. The van der Waals surface area contributed by atoms with Crippen molar-refractivity contribution >= 4 is 40.3 Å². The second kappa shape index (κ2) is 8.33. The van der Waals surface area contributed by atoms with Gasteiger partial charge in [0.2, 0.25) is 0 Å². The summed E-state index contributed by atoms with van der Waals surface area (Å²) in [5, 5.41) is 6.96. The van der Waals surface area contributed by atoms with Crippen molar-refractivity contribution in [3.05, 3.63) is 81.5 Å². The van der Waals surface area contributed by atoms with Gasteiger partial charge in [-0.2, -0.15) is 11.3 Å². The predicted molar refractivity (Wildman–Crippen MR) is 113 cm³/mol. The molecule has 0 bridgehead atoms. The third-order valence-corrected chi connectivity index (χ3v) is 5.77. The van der Waals surface area contributed by atoms with Crippen molar-refractivity contribution in [2.24, 2.45) is 0 Å². The molecule has 140 valence electrons. The van der Waals surface area contributed by atoms with Gasteiger partial charge in [-0.1, -0.05) is 6.07 Å². The number of nitrogens with zero attached hydrogens (tertiary/aromatic N) is 3. The van der Waals surface area contributed by atoms with Gasteiger partial charge in [0.05, 0.1) is 25.5 Å².